The van der Waals surface area contributed by atoms with Crippen LogP contribution in [-0.4, -0.2) is 91.8 Å². The van der Waals surface area contributed by atoms with Gasteiger partial charge in [-0.2, -0.15) is 0 Å². The number of carbonyl (C=O) groups is 3. The van der Waals surface area contributed by atoms with E-state index in [0.717, 1.165) is 0 Å². The molecule has 0 bridgehead atoms. The minimum atomic E-state index is -0.524. The maximum absolute atomic E-state index is 13.6. The molecular weight excluding hydrogens is 523 g/mol. The molecule has 3 aromatic rings. The molecule has 0 saturated heterocycles. The third kappa shape index (κ3) is 6.88. The van der Waals surface area contributed by atoms with E-state index in [1.165, 1.54) is 46.2 Å². The molecule has 2 aromatic carbocycles. The average Bonchev–Trinajstić information content (AvgIpc) is 3.44. The van der Waals surface area contributed by atoms with Crippen molar-refractivity contribution in [2.24, 2.45) is 5.92 Å². The summed E-state index contributed by atoms with van der Waals surface area (Å²) < 4.78 is 20.8. The van der Waals surface area contributed by atoms with Crippen LogP contribution in [0, 0.1) is 11.7 Å². The summed E-state index contributed by atoms with van der Waals surface area (Å²) in [5.41, 5.74) is 1.01. The first-order valence-electron chi connectivity index (χ1n) is 12.7. The van der Waals surface area contributed by atoms with Crippen molar-refractivity contribution >= 4 is 29.2 Å². The van der Waals surface area contributed by atoms with Crippen LogP contribution in [0.5, 0.6) is 5.75 Å². The highest BCUT2D eigenvalue weighted by atomic mass is 19.1. The summed E-state index contributed by atoms with van der Waals surface area (Å²) in [5, 5.41) is 25.9. The standard InChI is InChI=1S/C26H31FN8O5/c1-16-11-35(17(2)14-36)25(38)21-10-20(29-24(37)13-34-15-28-31-32-34)8-9-22(21)40-23(16)12-33(3)26(39)30-19-6-4-18(27)5-7-19/h4-10,15-17,23,36H,11-14H2,1-3H3,(H,29,37)(H,30,39)/t16-,17+,23-/m0/s1. The molecule has 4 amide bonds. The van der Waals surface area contributed by atoms with Crippen molar-refractivity contribution in [1.29, 1.82) is 0 Å². The smallest absolute Gasteiger partial charge is 0.321 e. The van der Waals surface area contributed by atoms with Crippen LogP contribution in [0.3, 0.4) is 0 Å². The van der Waals surface area contributed by atoms with Crippen molar-refractivity contribution in [3.05, 3.63) is 60.2 Å². The first kappa shape index (κ1) is 28.4. The molecule has 0 aliphatic carbocycles. The summed E-state index contributed by atoms with van der Waals surface area (Å²) >= 11 is 0. The molecule has 14 heteroatoms. The van der Waals surface area contributed by atoms with Crippen LogP contribution in [0.4, 0.5) is 20.6 Å². The zero-order chi connectivity index (χ0) is 28.8. The fourth-order valence-electron chi connectivity index (χ4n) is 4.22. The third-order valence-corrected chi connectivity index (χ3v) is 6.54. The number of halogens is 1. The van der Waals surface area contributed by atoms with Crippen LogP contribution >= 0.6 is 0 Å². The lowest BCUT2D eigenvalue weighted by atomic mass is 9.99. The second-order valence-electron chi connectivity index (χ2n) is 9.71. The number of aliphatic hydroxyl groups is 1. The van der Waals surface area contributed by atoms with E-state index in [1.807, 2.05) is 6.92 Å². The van der Waals surface area contributed by atoms with E-state index in [4.69, 9.17) is 4.74 Å². The lowest BCUT2D eigenvalue weighted by Gasteiger charge is -2.38. The second kappa shape index (κ2) is 12.5. The number of aliphatic hydroxyl groups excluding tert-OH is 1. The summed E-state index contributed by atoms with van der Waals surface area (Å²) in [6.07, 6.45) is 0.786. The largest absolute Gasteiger partial charge is 0.487 e. The Morgan fingerprint density at radius 3 is 2.60 bits per heavy atom. The van der Waals surface area contributed by atoms with Crippen LogP contribution in [-0.2, 0) is 11.3 Å². The Labute approximate surface area is 229 Å². The van der Waals surface area contributed by atoms with Crippen LogP contribution in [0.2, 0.25) is 0 Å². The molecule has 0 radical (unpaired) electrons. The van der Waals surface area contributed by atoms with Gasteiger partial charge in [0.25, 0.3) is 5.91 Å². The quantitative estimate of drug-likeness (QED) is 0.381. The molecule has 3 atom stereocenters. The average molecular weight is 555 g/mol. The molecule has 1 aliphatic heterocycles. The minimum Gasteiger partial charge on any atom is -0.487 e. The molecule has 0 saturated carbocycles. The number of urea groups is 1. The van der Waals surface area contributed by atoms with Gasteiger partial charge in [-0.25, -0.2) is 13.9 Å². The highest BCUT2D eigenvalue weighted by Gasteiger charge is 2.34. The van der Waals surface area contributed by atoms with Gasteiger partial charge in [0, 0.05) is 30.9 Å². The van der Waals surface area contributed by atoms with E-state index < -0.39 is 29.9 Å². The number of likely N-dealkylation sites (N-methyl/N-ethyl adjacent to an activating group) is 1. The van der Waals surface area contributed by atoms with Crippen molar-refractivity contribution in [1.82, 2.24) is 30.0 Å². The van der Waals surface area contributed by atoms with E-state index in [9.17, 15) is 23.9 Å². The van der Waals surface area contributed by atoms with Gasteiger partial charge in [-0.3, -0.25) is 9.59 Å². The molecule has 13 nitrogen and oxygen atoms in total. The Balaban J connectivity index is 1.55. The van der Waals surface area contributed by atoms with E-state index in [1.54, 1.807) is 31.0 Å². The number of anilines is 2. The third-order valence-electron chi connectivity index (χ3n) is 6.54. The molecule has 40 heavy (non-hydrogen) atoms. The van der Waals surface area contributed by atoms with Gasteiger partial charge in [0.15, 0.2) is 0 Å². The fourth-order valence-corrected chi connectivity index (χ4v) is 4.22. The van der Waals surface area contributed by atoms with Gasteiger partial charge in [-0.1, -0.05) is 6.92 Å². The van der Waals surface area contributed by atoms with Crippen molar-refractivity contribution in [2.75, 3.05) is 37.4 Å². The molecular formula is C26H31FN8O5. The number of amides is 4. The molecule has 0 unspecified atom stereocenters. The number of nitrogens with zero attached hydrogens (tertiary/aromatic N) is 6. The van der Waals surface area contributed by atoms with Gasteiger partial charge in [-0.15, -0.1) is 5.10 Å². The lowest BCUT2D eigenvalue weighted by molar-refractivity contribution is -0.116. The minimum absolute atomic E-state index is 0.117. The van der Waals surface area contributed by atoms with Crippen LogP contribution in [0.15, 0.2) is 48.8 Å². The van der Waals surface area contributed by atoms with E-state index in [-0.39, 0.29) is 49.4 Å². The number of nitrogens with one attached hydrogen (secondary N) is 2. The normalized spacial score (nSPS) is 17.6. The molecule has 212 valence electrons. The Morgan fingerprint density at radius 1 is 1.20 bits per heavy atom. The number of hydrogen-bond acceptors (Lipinski definition) is 8. The SMILES string of the molecule is C[C@H](CO)N1C[C@H](C)[C@H](CN(C)C(=O)Nc2ccc(F)cc2)Oc2ccc(NC(=O)Cn3cnnn3)cc2C1=O. The van der Waals surface area contributed by atoms with Crippen LogP contribution in [0.1, 0.15) is 24.2 Å². The zero-order valence-electron chi connectivity index (χ0n) is 22.3. The first-order chi connectivity index (χ1) is 19.1. The monoisotopic (exact) mass is 554 g/mol. The van der Waals surface area contributed by atoms with Crippen LogP contribution < -0.4 is 15.4 Å². The lowest BCUT2D eigenvalue weighted by Crippen LogP contribution is -2.50. The number of hydrogen-bond donors (Lipinski definition) is 3. The van der Waals surface area contributed by atoms with Gasteiger partial charge in [0.1, 0.15) is 30.5 Å². The summed E-state index contributed by atoms with van der Waals surface area (Å²) in [6, 6.07) is 9.25. The molecule has 2 heterocycles. The highest BCUT2D eigenvalue weighted by molar-refractivity contribution is 6.00. The van der Waals surface area contributed by atoms with Gasteiger partial charge in [0.2, 0.25) is 5.91 Å². The number of carbonyl (C=O) groups excluding carboxylic acids is 3. The number of tetrazole rings is 1. The maximum atomic E-state index is 13.6. The van der Waals surface area contributed by atoms with Gasteiger partial charge in [0.05, 0.1) is 24.8 Å². The molecule has 4 rings (SSSR count). The first-order valence-corrected chi connectivity index (χ1v) is 12.7. The van der Waals surface area contributed by atoms with E-state index in [0.29, 0.717) is 11.4 Å². The van der Waals surface area contributed by atoms with Crippen LogP contribution in [0.25, 0.3) is 0 Å². The molecule has 0 spiro atoms. The second-order valence-corrected chi connectivity index (χ2v) is 9.71. The van der Waals surface area contributed by atoms with Crippen molar-refractivity contribution in [2.45, 2.75) is 32.5 Å². The number of benzene rings is 2. The Hall–Kier alpha value is -4.59. The molecule has 1 aliphatic rings. The van der Waals surface area contributed by atoms with E-state index >= 15 is 0 Å². The van der Waals surface area contributed by atoms with Crippen molar-refractivity contribution in [3.8, 4) is 5.75 Å². The summed E-state index contributed by atoms with van der Waals surface area (Å²) in [4.78, 5) is 41.9. The number of ether oxygens (including phenoxy) is 1. The topological polar surface area (TPSA) is 155 Å². The van der Waals surface area contributed by atoms with Gasteiger partial charge >= 0.3 is 6.03 Å². The number of rotatable bonds is 8. The number of aromatic nitrogens is 4. The zero-order valence-corrected chi connectivity index (χ0v) is 22.3. The van der Waals surface area contributed by atoms with Crippen molar-refractivity contribution in [3.63, 3.8) is 0 Å². The predicted molar refractivity (Wildman–Crippen MR) is 142 cm³/mol. The molecule has 3 N–H and O–H groups in total. The van der Waals surface area contributed by atoms with E-state index in [2.05, 4.69) is 26.2 Å². The Bertz CT molecular complexity index is 1340. The Morgan fingerprint density at radius 2 is 1.93 bits per heavy atom. The predicted octanol–water partition coefficient (Wildman–Crippen LogP) is 1.83. The van der Waals surface area contributed by atoms with Crippen molar-refractivity contribution < 1.29 is 28.6 Å². The molecule has 1 aromatic heterocycles. The van der Waals surface area contributed by atoms with Gasteiger partial charge in [-0.05, 0) is 59.8 Å². The maximum Gasteiger partial charge on any atom is 0.321 e. The number of fused-ring (bicyclic) bond motifs is 1. The fraction of sp³-hybridized carbons (Fsp3) is 0.385. The molecule has 0 fully saturated rings. The summed E-state index contributed by atoms with van der Waals surface area (Å²) in [6.45, 7) is 3.71. The highest BCUT2D eigenvalue weighted by Crippen LogP contribution is 2.30. The summed E-state index contributed by atoms with van der Waals surface area (Å²) in [5.74, 6) is -1.10. The Kier molecular flexibility index (Phi) is 8.89. The summed E-state index contributed by atoms with van der Waals surface area (Å²) in [7, 11) is 1.61. The van der Waals surface area contributed by atoms with Gasteiger partial charge < -0.3 is 30.3 Å².